The average molecular weight is 337 g/mol. The standard InChI is InChI=1S/C19H20FN5/c1-14-12-18(22-11-9-15-5-7-16(20)8-6-15)25-19(24-14)23-13-17-4-2-3-10-21-17/h2-8,10,12H,9,11,13H2,1H3,(H2,22,23,24,25). The van der Waals surface area contributed by atoms with Crippen LogP contribution in [0.3, 0.4) is 0 Å². The van der Waals surface area contributed by atoms with E-state index in [9.17, 15) is 4.39 Å². The zero-order valence-electron chi connectivity index (χ0n) is 14.0. The van der Waals surface area contributed by atoms with E-state index in [1.54, 1.807) is 18.3 Å². The molecule has 0 aliphatic carbocycles. The molecule has 0 fully saturated rings. The highest BCUT2D eigenvalue weighted by Gasteiger charge is 2.03. The lowest BCUT2D eigenvalue weighted by Crippen LogP contribution is -2.10. The smallest absolute Gasteiger partial charge is 0.225 e. The van der Waals surface area contributed by atoms with Crippen molar-refractivity contribution in [1.29, 1.82) is 0 Å². The number of hydrogen-bond acceptors (Lipinski definition) is 5. The monoisotopic (exact) mass is 337 g/mol. The van der Waals surface area contributed by atoms with E-state index < -0.39 is 0 Å². The first-order valence-electron chi connectivity index (χ1n) is 8.17. The summed E-state index contributed by atoms with van der Waals surface area (Å²) in [5.74, 6) is 1.11. The second kappa shape index (κ2) is 8.19. The van der Waals surface area contributed by atoms with E-state index in [0.717, 1.165) is 29.2 Å². The van der Waals surface area contributed by atoms with Crippen molar-refractivity contribution in [2.75, 3.05) is 17.2 Å². The summed E-state index contributed by atoms with van der Waals surface area (Å²) in [6.45, 7) is 3.21. The van der Waals surface area contributed by atoms with Crippen LogP contribution in [0.15, 0.2) is 54.7 Å². The molecule has 0 spiro atoms. The molecule has 2 aromatic heterocycles. The van der Waals surface area contributed by atoms with Crippen molar-refractivity contribution < 1.29 is 4.39 Å². The maximum atomic E-state index is 12.9. The van der Waals surface area contributed by atoms with E-state index in [1.807, 2.05) is 31.2 Å². The molecule has 5 nitrogen and oxygen atoms in total. The number of benzene rings is 1. The number of aromatic nitrogens is 3. The van der Waals surface area contributed by atoms with Crippen molar-refractivity contribution in [3.8, 4) is 0 Å². The summed E-state index contributed by atoms with van der Waals surface area (Å²) < 4.78 is 12.9. The molecule has 0 unspecified atom stereocenters. The second-order valence-electron chi connectivity index (χ2n) is 5.70. The third kappa shape index (κ3) is 5.24. The van der Waals surface area contributed by atoms with Crippen molar-refractivity contribution >= 4 is 11.8 Å². The van der Waals surface area contributed by atoms with E-state index in [0.29, 0.717) is 19.0 Å². The number of aryl methyl sites for hydroxylation is 1. The van der Waals surface area contributed by atoms with E-state index in [4.69, 9.17) is 0 Å². The van der Waals surface area contributed by atoms with Gasteiger partial charge in [-0.1, -0.05) is 18.2 Å². The van der Waals surface area contributed by atoms with Gasteiger partial charge in [0.2, 0.25) is 5.95 Å². The summed E-state index contributed by atoms with van der Waals surface area (Å²) in [7, 11) is 0. The summed E-state index contributed by atoms with van der Waals surface area (Å²) in [6.07, 6.45) is 2.55. The minimum absolute atomic E-state index is 0.216. The molecule has 0 radical (unpaired) electrons. The van der Waals surface area contributed by atoms with Crippen LogP contribution >= 0.6 is 0 Å². The molecule has 0 atom stereocenters. The molecule has 128 valence electrons. The molecule has 2 N–H and O–H groups in total. The number of nitrogens with zero attached hydrogens (tertiary/aromatic N) is 3. The van der Waals surface area contributed by atoms with Crippen LogP contribution in [0.5, 0.6) is 0 Å². The van der Waals surface area contributed by atoms with Gasteiger partial charge in [-0.15, -0.1) is 0 Å². The Bertz CT molecular complexity index is 806. The van der Waals surface area contributed by atoms with Crippen LogP contribution in [0.2, 0.25) is 0 Å². The maximum Gasteiger partial charge on any atom is 0.225 e. The Morgan fingerprint density at radius 1 is 1.00 bits per heavy atom. The molecule has 0 amide bonds. The molecule has 3 aromatic rings. The summed E-state index contributed by atoms with van der Waals surface area (Å²) in [5.41, 5.74) is 2.88. The number of anilines is 2. The number of nitrogens with one attached hydrogen (secondary N) is 2. The van der Waals surface area contributed by atoms with Crippen molar-refractivity contribution in [3.05, 3.63) is 77.5 Å². The molecule has 1 aromatic carbocycles. The van der Waals surface area contributed by atoms with Gasteiger partial charge in [0.15, 0.2) is 0 Å². The first-order valence-corrected chi connectivity index (χ1v) is 8.17. The lowest BCUT2D eigenvalue weighted by atomic mass is 10.1. The van der Waals surface area contributed by atoms with Crippen molar-refractivity contribution in [2.24, 2.45) is 0 Å². The van der Waals surface area contributed by atoms with Gasteiger partial charge in [0.05, 0.1) is 12.2 Å². The molecular weight excluding hydrogens is 317 g/mol. The third-order valence-corrected chi connectivity index (χ3v) is 3.64. The quantitative estimate of drug-likeness (QED) is 0.690. The van der Waals surface area contributed by atoms with Gasteiger partial charge >= 0.3 is 0 Å². The van der Waals surface area contributed by atoms with Crippen LogP contribution in [0.25, 0.3) is 0 Å². The predicted octanol–water partition coefficient (Wildman–Crippen LogP) is 3.59. The average Bonchev–Trinajstić information content (AvgIpc) is 2.62. The minimum atomic E-state index is -0.216. The summed E-state index contributed by atoms with van der Waals surface area (Å²) in [5, 5.41) is 6.48. The molecule has 0 aliphatic heterocycles. The van der Waals surface area contributed by atoms with Gasteiger partial charge < -0.3 is 10.6 Å². The Kier molecular flexibility index (Phi) is 5.51. The maximum absolute atomic E-state index is 12.9. The normalized spacial score (nSPS) is 10.5. The largest absolute Gasteiger partial charge is 0.370 e. The van der Waals surface area contributed by atoms with Gasteiger partial charge in [0, 0.05) is 24.5 Å². The fourth-order valence-electron chi connectivity index (χ4n) is 2.40. The van der Waals surface area contributed by atoms with E-state index >= 15 is 0 Å². The number of rotatable bonds is 7. The molecule has 2 heterocycles. The summed E-state index contributed by atoms with van der Waals surface area (Å²) in [6, 6.07) is 14.2. The van der Waals surface area contributed by atoms with Gasteiger partial charge in [-0.25, -0.2) is 9.37 Å². The Labute approximate surface area is 146 Å². The van der Waals surface area contributed by atoms with Crippen LogP contribution in [-0.4, -0.2) is 21.5 Å². The Morgan fingerprint density at radius 2 is 1.84 bits per heavy atom. The Balaban J connectivity index is 1.56. The SMILES string of the molecule is Cc1cc(NCCc2ccc(F)cc2)nc(NCc2ccccn2)n1. The van der Waals surface area contributed by atoms with Gasteiger partial charge in [0.25, 0.3) is 0 Å². The lowest BCUT2D eigenvalue weighted by molar-refractivity contribution is 0.627. The molecular formula is C19H20FN5. The summed E-state index contributed by atoms with van der Waals surface area (Å²) >= 11 is 0. The van der Waals surface area contributed by atoms with Crippen LogP contribution in [0, 0.1) is 12.7 Å². The van der Waals surface area contributed by atoms with Gasteiger partial charge in [0.1, 0.15) is 11.6 Å². The van der Waals surface area contributed by atoms with Crippen molar-refractivity contribution in [2.45, 2.75) is 19.9 Å². The molecule has 3 rings (SSSR count). The molecule has 25 heavy (non-hydrogen) atoms. The molecule has 0 saturated carbocycles. The highest BCUT2D eigenvalue weighted by molar-refractivity contribution is 5.42. The number of pyridine rings is 1. The Hall–Kier alpha value is -3.02. The third-order valence-electron chi connectivity index (χ3n) is 3.64. The zero-order valence-corrected chi connectivity index (χ0v) is 14.0. The van der Waals surface area contributed by atoms with Gasteiger partial charge in [-0.05, 0) is 43.2 Å². The topological polar surface area (TPSA) is 62.7 Å². The van der Waals surface area contributed by atoms with Crippen LogP contribution < -0.4 is 10.6 Å². The zero-order chi connectivity index (χ0) is 17.5. The molecule has 0 saturated heterocycles. The minimum Gasteiger partial charge on any atom is -0.370 e. The van der Waals surface area contributed by atoms with Crippen LogP contribution in [0.1, 0.15) is 17.0 Å². The molecule has 6 heteroatoms. The molecule has 0 bridgehead atoms. The van der Waals surface area contributed by atoms with Gasteiger partial charge in [-0.2, -0.15) is 4.98 Å². The van der Waals surface area contributed by atoms with Crippen molar-refractivity contribution in [1.82, 2.24) is 15.0 Å². The summed E-state index contributed by atoms with van der Waals surface area (Å²) in [4.78, 5) is 13.1. The van der Waals surface area contributed by atoms with Gasteiger partial charge in [-0.3, -0.25) is 4.98 Å². The molecule has 0 aliphatic rings. The Morgan fingerprint density at radius 3 is 2.60 bits per heavy atom. The first kappa shape index (κ1) is 16.8. The van der Waals surface area contributed by atoms with Crippen LogP contribution in [-0.2, 0) is 13.0 Å². The van der Waals surface area contributed by atoms with E-state index in [1.165, 1.54) is 12.1 Å². The lowest BCUT2D eigenvalue weighted by Gasteiger charge is -2.10. The highest BCUT2D eigenvalue weighted by atomic mass is 19.1. The van der Waals surface area contributed by atoms with E-state index in [2.05, 4.69) is 25.6 Å². The first-order chi connectivity index (χ1) is 12.2. The van der Waals surface area contributed by atoms with E-state index in [-0.39, 0.29) is 5.82 Å². The fraction of sp³-hybridized carbons (Fsp3) is 0.211. The highest BCUT2D eigenvalue weighted by Crippen LogP contribution is 2.11. The van der Waals surface area contributed by atoms with Crippen LogP contribution in [0.4, 0.5) is 16.2 Å². The predicted molar refractivity (Wildman–Crippen MR) is 96.9 cm³/mol. The van der Waals surface area contributed by atoms with Crippen molar-refractivity contribution in [3.63, 3.8) is 0 Å². The fourth-order valence-corrected chi connectivity index (χ4v) is 2.40. The number of hydrogen-bond donors (Lipinski definition) is 2. The second-order valence-corrected chi connectivity index (χ2v) is 5.70. The number of halogens is 1.